The largest absolute Gasteiger partial charge is 0.326 e. The fourth-order valence-corrected chi connectivity index (χ4v) is 4.96. The number of carbonyl (C=O) groups is 2. The Labute approximate surface area is 182 Å². The van der Waals surface area contributed by atoms with Crippen molar-refractivity contribution in [2.24, 2.45) is 0 Å². The predicted octanol–water partition coefficient (Wildman–Crippen LogP) is 3.58. The van der Waals surface area contributed by atoms with Gasteiger partial charge in [0.15, 0.2) is 0 Å². The second-order valence-corrected chi connectivity index (χ2v) is 9.85. The fourth-order valence-electron chi connectivity index (χ4n) is 2.89. The molecule has 7 nitrogen and oxygen atoms in total. The van der Waals surface area contributed by atoms with Gasteiger partial charge in [0.05, 0.1) is 10.0 Å². The number of nitrogens with one attached hydrogen (secondary N) is 2. The number of benzene rings is 1. The first-order valence-electron chi connectivity index (χ1n) is 9.05. The molecule has 0 saturated carbocycles. The van der Waals surface area contributed by atoms with Crippen molar-refractivity contribution in [3.05, 3.63) is 50.8 Å². The molecule has 0 aliphatic carbocycles. The van der Waals surface area contributed by atoms with E-state index < -0.39 is 27.8 Å². The molecule has 2 aromatic rings. The van der Waals surface area contributed by atoms with Gasteiger partial charge in [0.1, 0.15) is 11.9 Å². The predicted molar refractivity (Wildman–Crippen MR) is 116 cm³/mol. The zero-order valence-electron chi connectivity index (χ0n) is 15.9. The lowest BCUT2D eigenvalue weighted by Crippen LogP contribution is -2.40. The standard InChI is InChI=1S/C19H19ClFN3O4S2/c1-2-18(25)22-12-3-5-16(14(21)11-12)24-9-7-15(19(24)26)23-30(27,28)10-8-13-4-6-17(20)29-13/h3-6,8,10-11,15,23H,2,7,9H2,1H3,(H,22,25)/t15-/m0/s1. The molecule has 1 fully saturated rings. The van der Waals surface area contributed by atoms with Gasteiger partial charge < -0.3 is 10.2 Å². The SMILES string of the molecule is CCC(=O)Nc1ccc(N2CC[C@H](NS(=O)(=O)C=Cc3ccc(Cl)s3)C2=O)c(F)c1. The third-order valence-corrected chi connectivity index (χ3v) is 6.66. The van der Waals surface area contributed by atoms with Crippen molar-refractivity contribution in [2.45, 2.75) is 25.8 Å². The summed E-state index contributed by atoms with van der Waals surface area (Å²) in [4.78, 5) is 25.9. The minimum absolute atomic E-state index is 0.0277. The van der Waals surface area contributed by atoms with Crippen LogP contribution in [-0.2, 0) is 19.6 Å². The fraction of sp³-hybridized carbons (Fsp3) is 0.263. The Bertz CT molecular complexity index is 1100. The van der Waals surface area contributed by atoms with Gasteiger partial charge in [-0.1, -0.05) is 18.5 Å². The first-order valence-corrected chi connectivity index (χ1v) is 11.8. The molecule has 1 aliphatic rings. The first-order chi connectivity index (χ1) is 14.2. The van der Waals surface area contributed by atoms with E-state index in [0.717, 1.165) is 11.5 Å². The van der Waals surface area contributed by atoms with Crippen LogP contribution in [0.4, 0.5) is 15.8 Å². The van der Waals surface area contributed by atoms with Crippen LogP contribution in [-0.4, -0.2) is 32.8 Å². The Morgan fingerprint density at radius 2 is 2.13 bits per heavy atom. The van der Waals surface area contributed by atoms with E-state index in [0.29, 0.717) is 9.21 Å². The Kier molecular flexibility index (Phi) is 6.91. The molecule has 1 saturated heterocycles. The molecule has 0 spiro atoms. The second kappa shape index (κ2) is 9.25. The van der Waals surface area contributed by atoms with E-state index in [2.05, 4.69) is 10.0 Å². The van der Waals surface area contributed by atoms with Crippen LogP contribution in [0.15, 0.2) is 35.7 Å². The Balaban J connectivity index is 1.68. The third kappa shape index (κ3) is 5.45. The maximum atomic E-state index is 14.5. The Hall–Kier alpha value is -2.27. The van der Waals surface area contributed by atoms with Gasteiger partial charge in [0.25, 0.3) is 0 Å². The topological polar surface area (TPSA) is 95.6 Å². The molecule has 1 aliphatic heterocycles. The summed E-state index contributed by atoms with van der Waals surface area (Å²) in [6.07, 6.45) is 1.84. The molecule has 0 unspecified atom stereocenters. The molecule has 0 radical (unpaired) electrons. The molecule has 2 N–H and O–H groups in total. The van der Waals surface area contributed by atoms with Crippen LogP contribution in [0.3, 0.4) is 0 Å². The summed E-state index contributed by atoms with van der Waals surface area (Å²) in [6, 6.07) is 6.34. The third-order valence-electron chi connectivity index (χ3n) is 4.36. The number of sulfonamides is 1. The highest BCUT2D eigenvalue weighted by molar-refractivity contribution is 7.92. The number of amides is 2. The maximum absolute atomic E-state index is 14.5. The minimum Gasteiger partial charge on any atom is -0.326 e. The van der Waals surface area contributed by atoms with Gasteiger partial charge in [0.2, 0.25) is 21.8 Å². The van der Waals surface area contributed by atoms with E-state index >= 15 is 0 Å². The van der Waals surface area contributed by atoms with Crippen molar-refractivity contribution in [1.82, 2.24) is 4.72 Å². The highest BCUT2D eigenvalue weighted by Crippen LogP contribution is 2.28. The summed E-state index contributed by atoms with van der Waals surface area (Å²) in [5.74, 6) is -1.49. The molecular formula is C19H19ClFN3O4S2. The minimum atomic E-state index is -3.88. The van der Waals surface area contributed by atoms with Crippen LogP contribution in [0, 0.1) is 5.82 Å². The van der Waals surface area contributed by atoms with Crippen molar-refractivity contribution in [2.75, 3.05) is 16.8 Å². The molecule has 30 heavy (non-hydrogen) atoms. The van der Waals surface area contributed by atoms with Crippen molar-refractivity contribution in [3.63, 3.8) is 0 Å². The summed E-state index contributed by atoms with van der Waals surface area (Å²) in [7, 11) is -3.88. The number of nitrogens with zero attached hydrogens (tertiary/aromatic N) is 1. The number of anilines is 2. The van der Waals surface area contributed by atoms with E-state index in [1.165, 1.54) is 34.4 Å². The zero-order valence-corrected chi connectivity index (χ0v) is 18.3. The lowest BCUT2D eigenvalue weighted by molar-refractivity contribution is -0.118. The summed E-state index contributed by atoms with van der Waals surface area (Å²) >= 11 is 7.03. The van der Waals surface area contributed by atoms with Gasteiger partial charge in [-0.15, -0.1) is 11.3 Å². The molecule has 160 valence electrons. The van der Waals surface area contributed by atoms with Crippen LogP contribution in [0.2, 0.25) is 4.34 Å². The lowest BCUT2D eigenvalue weighted by atomic mass is 10.2. The van der Waals surface area contributed by atoms with E-state index in [1.54, 1.807) is 19.1 Å². The number of carbonyl (C=O) groups excluding carboxylic acids is 2. The van der Waals surface area contributed by atoms with Crippen molar-refractivity contribution >= 4 is 62.2 Å². The average molecular weight is 472 g/mol. The van der Waals surface area contributed by atoms with Crippen LogP contribution in [0.5, 0.6) is 0 Å². The average Bonchev–Trinajstić information content (AvgIpc) is 3.26. The van der Waals surface area contributed by atoms with Gasteiger partial charge >= 0.3 is 0 Å². The zero-order chi connectivity index (χ0) is 21.9. The molecule has 2 heterocycles. The monoisotopic (exact) mass is 471 g/mol. The highest BCUT2D eigenvalue weighted by atomic mass is 35.5. The van der Waals surface area contributed by atoms with Crippen LogP contribution >= 0.6 is 22.9 Å². The molecule has 1 aromatic heterocycles. The molecule has 3 rings (SSSR count). The second-order valence-electron chi connectivity index (χ2n) is 6.51. The first kappa shape index (κ1) is 22.4. The normalized spacial score (nSPS) is 17.1. The molecule has 11 heteroatoms. The smallest absolute Gasteiger partial charge is 0.245 e. The Morgan fingerprint density at radius 3 is 2.77 bits per heavy atom. The van der Waals surface area contributed by atoms with Gasteiger partial charge in [-0.3, -0.25) is 9.59 Å². The summed E-state index contributed by atoms with van der Waals surface area (Å²) < 4.78 is 41.9. The van der Waals surface area contributed by atoms with Crippen LogP contribution in [0.25, 0.3) is 6.08 Å². The number of hydrogen-bond acceptors (Lipinski definition) is 5. The van der Waals surface area contributed by atoms with Crippen LogP contribution < -0.4 is 14.9 Å². The quantitative estimate of drug-likeness (QED) is 0.645. The van der Waals surface area contributed by atoms with E-state index in [4.69, 9.17) is 11.6 Å². The molecule has 1 aromatic carbocycles. The van der Waals surface area contributed by atoms with Crippen molar-refractivity contribution in [3.8, 4) is 0 Å². The number of halogens is 2. The number of rotatable bonds is 7. The van der Waals surface area contributed by atoms with Crippen molar-refractivity contribution < 1.29 is 22.4 Å². The number of thiophene rings is 1. The summed E-state index contributed by atoms with van der Waals surface area (Å²) in [5.41, 5.74) is 0.311. The van der Waals surface area contributed by atoms with Gasteiger partial charge in [0, 0.05) is 28.9 Å². The Morgan fingerprint density at radius 1 is 1.37 bits per heavy atom. The van der Waals surface area contributed by atoms with Gasteiger partial charge in [-0.05, 0) is 42.8 Å². The van der Waals surface area contributed by atoms with E-state index in [1.807, 2.05) is 0 Å². The highest BCUT2D eigenvalue weighted by Gasteiger charge is 2.35. The summed E-state index contributed by atoms with van der Waals surface area (Å²) in [6.45, 7) is 1.84. The van der Waals surface area contributed by atoms with Gasteiger partial charge in [-0.2, -0.15) is 4.72 Å². The van der Waals surface area contributed by atoms with Gasteiger partial charge in [-0.25, -0.2) is 12.8 Å². The summed E-state index contributed by atoms with van der Waals surface area (Å²) in [5, 5.41) is 3.51. The van der Waals surface area contributed by atoms with E-state index in [9.17, 15) is 22.4 Å². The van der Waals surface area contributed by atoms with Crippen molar-refractivity contribution in [1.29, 1.82) is 0 Å². The molecule has 0 bridgehead atoms. The van der Waals surface area contributed by atoms with E-state index in [-0.39, 0.29) is 36.7 Å². The molecule has 2 amide bonds. The molecular weight excluding hydrogens is 453 g/mol. The number of hydrogen-bond donors (Lipinski definition) is 2. The van der Waals surface area contributed by atoms with Crippen LogP contribution in [0.1, 0.15) is 24.6 Å². The molecule has 1 atom stereocenters. The maximum Gasteiger partial charge on any atom is 0.245 e. The lowest BCUT2D eigenvalue weighted by Gasteiger charge is -2.18.